The van der Waals surface area contributed by atoms with Crippen molar-refractivity contribution < 1.29 is 18.3 Å². The van der Waals surface area contributed by atoms with Gasteiger partial charge in [0.2, 0.25) is 0 Å². The van der Waals surface area contributed by atoms with Gasteiger partial charge in [0, 0.05) is 5.56 Å². The molecule has 1 aromatic carbocycles. The average Bonchev–Trinajstić information content (AvgIpc) is 2.59. The van der Waals surface area contributed by atoms with Crippen LogP contribution in [0.15, 0.2) is 30.3 Å². The van der Waals surface area contributed by atoms with Crippen molar-refractivity contribution in [2.24, 2.45) is 0 Å². The van der Waals surface area contributed by atoms with E-state index in [4.69, 9.17) is 18.3 Å². The molecule has 1 saturated heterocycles. The van der Waals surface area contributed by atoms with Crippen LogP contribution in [0.5, 0.6) is 0 Å². The van der Waals surface area contributed by atoms with Gasteiger partial charge in [0.05, 0.1) is 19.3 Å². The Hall–Kier alpha value is -0.506. The molecular weight excluding hydrogens is 396 g/mol. The molecule has 0 spiro atoms. The SMILES string of the molecule is CC(C)(C)[Si](C)(C)OC[C@@H]1OC(c2ccccc2)OC[C@H]1O[Si](C)(C)C(C)(C)C. The zero-order valence-corrected chi connectivity index (χ0v) is 22.2. The number of ether oxygens (including phenoxy) is 2. The summed E-state index contributed by atoms with van der Waals surface area (Å²) >= 11 is 0. The minimum atomic E-state index is -1.95. The second kappa shape index (κ2) is 8.93. The van der Waals surface area contributed by atoms with Crippen LogP contribution in [-0.2, 0) is 18.3 Å². The topological polar surface area (TPSA) is 36.9 Å². The fourth-order valence-electron chi connectivity index (χ4n) is 2.68. The van der Waals surface area contributed by atoms with Gasteiger partial charge in [-0.25, -0.2) is 0 Å². The average molecular weight is 439 g/mol. The molecule has 6 heteroatoms. The predicted molar refractivity (Wildman–Crippen MR) is 125 cm³/mol. The molecule has 1 unspecified atom stereocenters. The van der Waals surface area contributed by atoms with E-state index in [0.717, 1.165) is 5.56 Å². The summed E-state index contributed by atoms with van der Waals surface area (Å²) < 4.78 is 25.8. The number of hydrogen-bond acceptors (Lipinski definition) is 4. The summed E-state index contributed by atoms with van der Waals surface area (Å²) in [6.07, 6.45) is -0.624. The van der Waals surface area contributed by atoms with Gasteiger partial charge in [-0.2, -0.15) is 0 Å². The van der Waals surface area contributed by atoms with Crippen molar-refractivity contribution in [2.45, 2.75) is 96.3 Å². The predicted octanol–water partition coefficient (Wildman–Crippen LogP) is 6.51. The van der Waals surface area contributed by atoms with E-state index in [1.807, 2.05) is 30.3 Å². The molecule has 0 amide bonds. The van der Waals surface area contributed by atoms with Crippen molar-refractivity contribution in [3.63, 3.8) is 0 Å². The smallest absolute Gasteiger partial charge is 0.192 e. The summed E-state index contributed by atoms with van der Waals surface area (Å²) in [6.45, 7) is 23.8. The molecule has 3 atom stereocenters. The summed E-state index contributed by atoms with van der Waals surface area (Å²) in [7, 11) is -3.83. The minimum Gasteiger partial charge on any atom is -0.414 e. The Morgan fingerprint density at radius 2 is 1.45 bits per heavy atom. The van der Waals surface area contributed by atoms with Crippen LogP contribution in [0.2, 0.25) is 36.3 Å². The van der Waals surface area contributed by atoms with E-state index in [9.17, 15) is 0 Å². The van der Waals surface area contributed by atoms with E-state index in [0.29, 0.717) is 13.2 Å². The third-order valence-electron chi connectivity index (χ3n) is 6.86. The van der Waals surface area contributed by atoms with E-state index in [1.54, 1.807) is 0 Å². The van der Waals surface area contributed by atoms with E-state index in [2.05, 4.69) is 67.7 Å². The molecule has 1 aromatic rings. The molecule has 0 radical (unpaired) electrons. The second-order valence-corrected chi connectivity index (χ2v) is 20.8. The lowest BCUT2D eigenvalue weighted by Gasteiger charge is -2.45. The van der Waals surface area contributed by atoms with Gasteiger partial charge < -0.3 is 18.3 Å². The number of rotatable bonds is 6. The summed E-state index contributed by atoms with van der Waals surface area (Å²) in [6, 6.07) is 10.1. The molecule has 0 aliphatic carbocycles. The molecule has 2 rings (SSSR count). The maximum absolute atomic E-state index is 6.72. The lowest BCUT2D eigenvalue weighted by Crippen LogP contribution is -2.54. The van der Waals surface area contributed by atoms with Gasteiger partial charge in [-0.3, -0.25) is 0 Å². The molecule has 4 nitrogen and oxygen atoms in total. The van der Waals surface area contributed by atoms with Crippen molar-refractivity contribution in [2.75, 3.05) is 13.2 Å². The largest absolute Gasteiger partial charge is 0.414 e. The number of benzene rings is 1. The molecule has 0 aromatic heterocycles. The first-order chi connectivity index (χ1) is 13.1. The summed E-state index contributed by atoms with van der Waals surface area (Å²) in [4.78, 5) is 0. The summed E-state index contributed by atoms with van der Waals surface area (Å²) in [5.74, 6) is 0. The molecule has 1 heterocycles. The van der Waals surface area contributed by atoms with Crippen LogP contribution in [0.4, 0.5) is 0 Å². The van der Waals surface area contributed by atoms with Crippen LogP contribution < -0.4 is 0 Å². The Morgan fingerprint density at radius 1 is 0.897 bits per heavy atom. The number of hydrogen-bond donors (Lipinski definition) is 0. The Balaban J connectivity index is 2.19. The highest BCUT2D eigenvalue weighted by molar-refractivity contribution is 6.74. The lowest BCUT2D eigenvalue weighted by atomic mass is 10.1. The fourth-order valence-corrected chi connectivity index (χ4v) is 5.02. The van der Waals surface area contributed by atoms with E-state index >= 15 is 0 Å². The Kier molecular flexibility index (Phi) is 7.62. The summed E-state index contributed by atoms with van der Waals surface area (Å²) in [5, 5.41) is 0.293. The normalized spacial score (nSPS) is 24.6. The van der Waals surface area contributed by atoms with Crippen LogP contribution in [-0.4, -0.2) is 42.1 Å². The molecule has 1 aliphatic rings. The van der Waals surface area contributed by atoms with Gasteiger partial charge in [0.1, 0.15) is 6.10 Å². The molecule has 29 heavy (non-hydrogen) atoms. The quantitative estimate of drug-likeness (QED) is 0.474. The molecule has 0 saturated carbocycles. The fraction of sp³-hybridized carbons (Fsp3) is 0.739. The van der Waals surface area contributed by atoms with Gasteiger partial charge in [-0.1, -0.05) is 71.9 Å². The standard InChI is InChI=1S/C23H42O4Si2/c1-22(2,3)28(7,8)25-17-19-20(27-29(9,10)23(4,5)6)16-24-21(26-19)18-14-12-11-13-15-18/h11-15,19-21H,16-17H2,1-10H3/t19-,20+,21?/m0/s1. The third kappa shape index (κ3) is 6.24. The molecule has 1 aliphatic heterocycles. The van der Waals surface area contributed by atoms with Crippen LogP contribution >= 0.6 is 0 Å². The van der Waals surface area contributed by atoms with E-state index in [1.165, 1.54) is 0 Å². The van der Waals surface area contributed by atoms with Gasteiger partial charge in [0.15, 0.2) is 22.9 Å². The van der Waals surface area contributed by atoms with E-state index in [-0.39, 0.29) is 28.6 Å². The summed E-state index contributed by atoms with van der Waals surface area (Å²) in [5.41, 5.74) is 1.04. The van der Waals surface area contributed by atoms with Crippen molar-refractivity contribution in [3.8, 4) is 0 Å². The molecule has 1 fully saturated rings. The molecule has 166 valence electrons. The highest BCUT2D eigenvalue weighted by Crippen LogP contribution is 2.40. The Labute approximate surface area is 180 Å². The highest BCUT2D eigenvalue weighted by Gasteiger charge is 2.45. The van der Waals surface area contributed by atoms with Crippen molar-refractivity contribution in [1.29, 1.82) is 0 Å². The molecule has 0 bridgehead atoms. The van der Waals surface area contributed by atoms with Crippen LogP contribution in [0.1, 0.15) is 53.4 Å². The lowest BCUT2D eigenvalue weighted by molar-refractivity contribution is -0.258. The van der Waals surface area contributed by atoms with Crippen LogP contribution in [0, 0.1) is 0 Å². The molecule has 0 N–H and O–H groups in total. The van der Waals surface area contributed by atoms with Gasteiger partial charge in [-0.05, 0) is 36.3 Å². The zero-order chi connectivity index (χ0) is 22.1. The van der Waals surface area contributed by atoms with Crippen molar-refractivity contribution in [1.82, 2.24) is 0 Å². The van der Waals surface area contributed by atoms with E-state index < -0.39 is 16.6 Å². The zero-order valence-electron chi connectivity index (χ0n) is 20.2. The maximum atomic E-state index is 6.72. The van der Waals surface area contributed by atoms with Gasteiger partial charge >= 0.3 is 0 Å². The second-order valence-electron chi connectivity index (χ2n) is 11.2. The maximum Gasteiger partial charge on any atom is 0.192 e. The highest BCUT2D eigenvalue weighted by atomic mass is 28.4. The Bertz CT molecular complexity index is 647. The van der Waals surface area contributed by atoms with Crippen LogP contribution in [0.25, 0.3) is 0 Å². The first kappa shape index (κ1) is 24.8. The van der Waals surface area contributed by atoms with Crippen molar-refractivity contribution >= 4 is 16.6 Å². The van der Waals surface area contributed by atoms with Crippen molar-refractivity contribution in [3.05, 3.63) is 35.9 Å². The first-order valence-electron chi connectivity index (χ1n) is 10.8. The molecular formula is C23H42O4Si2. The van der Waals surface area contributed by atoms with Gasteiger partial charge in [0.25, 0.3) is 0 Å². The first-order valence-corrected chi connectivity index (χ1v) is 16.6. The van der Waals surface area contributed by atoms with Crippen LogP contribution in [0.3, 0.4) is 0 Å². The van der Waals surface area contributed by atoms with Gasteiger partial charge in [-0.15, -0.1) is 0 Å². The third-order valence-corrected chi connectivity index (χ3v) is 15.9. The minimum absolute atomic E-state index is 0.111. The Morgan fingerprint density at radius 3 is 1.97 bits per heavy atom. The monoisotopic (exact) mass is 438 g/mol.